The molecule has 0 spiro atoms. The molecule has 1 aromatic carbocycles. The summed E-state index contributed by atoms with van der Waals surface area (Å²) in [4.78, 5) is 13.3. The first-order valence-electron chi connectivity index (χ1n) is 7.67. The number of anilines is 2. The van der Waals surface area contributed by atoms with Crippen LogP contribution in [0.4, 0.5) is 20.3 Å². The number of aryl methyl sites for hydroxylation is 1. The zero-order valence-corrected chi connectivity index (χ0v) is 13.7. The Labute approximate surface area is 143 Å². The molecule has 0 aliphatic carbocycles. The maximum absolute atomic E-state index is 13.9. The number of amides is 1. The SMILES string of the molecule is Cc1nnc(N[C@@H]2CC(=O)N(c3c(F)cccc3F)C2)c(C#N)c1C. The van der Waals surface area contributed by atoms with E-state index in [4.69, 9.17) is 0 Å². The molecule has 2 heterocycles. The Morgan fingerprint density at radius 2 is 1.96 bits per heavy atom. The minimum atomic E-state index is -0.794. The minimum absolute atomic E-state index is 0.0350. The first-order chi connectivity index (χ1) is 11.9. The lowest BCUT2D eigenvalue weighted by Gasteiger charge is -2.19. The molecule has 0 bridgehead atoms. The van der Waals surface area contributed by atoms with E-state index >= 15 is 0 Å². The highest BCUT2D eigenvalue weighted by atomic mass is 19.1. The Balaban J connectivity index is 1.85. The third-order valence-electron chi connectivity index (χ3n) is 4.24. The van der Waals surface area contributed by atoms with Crippen molar-refractivity contribution >= 4 is 17.4 Å². The van der Waals surface area contributed by atoms with Crippen LogP contribution in [0.5, 0.6) is 0 Å². The van der Waals surface area contributed by atoms with Crippen LogP contribution in [0, 0.1) is 36.8 Å². The molecule has 1 aromatic heterocycles. The van der Waals surface area contributed by atoms with Crippen LogP contribution < -0.4 is 10.2 Å². The maximum Gasteiger partial charge on any atom is 0.229 e. The van der Waals surface area contributed by atoms with Crippen molar-refractivity contribution in [2.45, 2.75) is 26.3 Å². The number of nitrogens with zero attached hydrogens (tertiary/aromatic N) is 4. The number of benzene rings is 1. The van der Waals surface area contributed by atoms with Gasteiger partial charge in [-0.25, -0.2) is 8.78 Å². The van der Waals surface area contributed by atoms with Gasteiger partial charge in [-0.1, -0.05) is 6.07 Å². The second-order valence-electron chi connectivity index (χ2n) is 5.87. The fourth-order valence-corrected chi connectivity index (χ4v) is 2.81. The first kappa shape index (κ1) is 16.8. The molecule has 0 radical (unpaired) electrons. The van der Waals surface area contributed by atoms with Gasteiger partial charge in [0.05, 0.1) is 11.7 Å². The largest absolute Gasteiger partial charge is 0.362 e. The van der Waals surface area contributed by atoms with E-state index in [0.717, 1.165) is 17.0 Å². The molecule has 1 atom stereocenters. The first-order valence-corrected chi connectivity index (χ1v) is 7.67. The molecule has 0 saturated carbocycles. The lowest BCUT2D eigenvalue weighted by molar-refractivity contribution is -0.117. The van der Waals surface area contributed by atoms with Gasteiger partial charge in [-0.3, -0.25) is 4.79 Å². The molecular weight excluding hydrogens is 328 g/mol. The summed E-state index contributed by atoms with van der Waals surface area (Å²) in [6.45, 7) is 3.57. The summed E-state index contributed by atoms with van der Waals surface area (Å²) in [6.07, 6.45) is 0.0350. The Bertz CT molecular complexity index is 873. The molecule has 3 rings (SSSR count). The standard InChI is InChI=1S/C17H15F2N5O/c1-9-10(2)22-23-17(12(9)7-20)21-11-6-15(25)24(8-11)16-13(18)4-3-5-14(16)19/h3-5,11H,6,8H2,1-2H3,(H,21,23)/t11-/m1/s1. The van der Waals surface area contributed by atoms with Gasteiger partial charge in [0.15, 0.2) is 5.82 Å². The molecule has 8 heteroatoms. The number of aromatic nitrogens is 2. The van der Waals surface area contributed by atoms with Gasteiger partial charge < -0.3 is 10.2 Å². The number of hydrogen-bond donors (Lipinski definition) is 1. The molecule has 25 heavy (non-hydrogen) atoms. The smallest absolute Gasteiger partial charge is 0.229 e. The number of para-hydroxylation sites is 1. The Kier molecular flexibility index (Phi) is 4.31. The van der Waals surface area contributed by atoms with Crippen molar-refractivity contribution in [3.8, 4) is 6.07 Å². The minimum Gasteiger partial charge on any atom is -0.362 e. The predicted molar refractivity (Wildman–Crippen MR) is 87.0 cm³/mol. The zero-order chi connectivity index (χ0) is 18.1. The van der Waals surface area contributed by atoms with Gasteiger partial charge in [0.25, 0.3) is 0 Å². The molecular formula is C17H15F2N5O. The lowest BCUT2D eigenvalue weighted by atomic mass is 10.1. The molecule has 1 fully saturated rings. The van der Waals surface area contributed by atoms with Crippen LogP contribution in [0.1, 0.15) is 23.2 Å². The molecule has 6 nitrogen and oxygen atoms in total. The van der Waals surface area contributed by atoms with Crippen molar-refractivity contribution < 1.29 is 13.6 Å². The van der Waals surface area contributed by atoms with Crippen LogP contribution in [0.15, 0.2) is 18.2 Å². The van der Waals surface area contributed by atoms with Crippen LogP contribution in [-0.4, -0.2) is 28.7 Å². The molecule has 1 aliphatic heterocycles. The van der Waals surface area contributed by atoms with Crippen molar-refractivity contribution in [3.63, 3.8) is 0 Å². The lowest BCUT2D eigenvalue weighted by Crippen LogP contribution is -2.29. The highest BCUT2D eigenvalue weighted by Crippen LogP contribution is 2.29. The molecule has 1 aliphatic rings. The highest BCUT2D eigenvalue weighted by molar-refractivity contribution is 5.97. The van der Waals surface area contributed by atoms with Gasteiger partial charge >= 0.3 is 0 Å². The van der Waals surface area contributed by atoms with Crippen molar-refractivity contribution in [2.75, 3.05) is 16.8 Å². The number of rotatable bonds is 3. The van der Waals surface area contributed by atoms with Crippen molar-refractivity contribution in [1.29, 1.82) is 5.26 Å². The fourth-order valence-electron chi connectivity index (χ4n) is 2.81. The number of nitriles is 1. The Morgan fingerprint density at radius 1 is 1.28 bits per heavy atom. The van der Waals surface area contributed by atoms with E-state index < -0.39 is 23.6 Å². The van der Waals surface area contributed by atoms with E-state index in [-0.39, 0.29) is 24.5 Å². The van der Waals surface area contributed by atoms with Crippen LogP contribution in [0.3, 0.4) is 0 Å². The summed E-state index contributed by atoms with van der Waals surface area (Å²) in [5, 5.41) is 20.3. The summed E-state index contributed by atoms with van der Waals surface area (Å²) in [5.74, 6) is -1.73. The molecule has 0 unspecified atom stereocenters. The quantitative estimate of drug-likeness (QED) is 0.926. The Morgan fingerprint density at radius 3 is 2.60 bits per heavy atom. The summed E-state index contributed by atoms with van der Waals surface area (Å²) in [7, 11) is 0. The average molecular weight is 343 g/mol. The molecule has 1 saturated heterocycles. The summed E-state index contributed by atoms with van der Waals surface area (Å²) >= 11 is 0. The van der Waals surface area contributed by atoms with E-state index in [0.29, 0.717) is 16.8 Å². The van der Waals surface area contributed by atoms with Crippen molar-refractivity contribution in [1.82, 2.24) is 10.2 Å². The van der Waals surface area contributed by atoms with E-state index in [1.165, 1.54) is 6.07 Å². The zero-order valence-electron chi connectivity index (χ0n) is 13.7. The van der Waals surface area contributed by atoms with E-state index in [1.54, 1.807) is 13.8 Å². The van der Waals surface area contributed by atoms with Gasteiger partial charge in [0.2, 0.25) is 5.91 Å². The molecule has 1 amide bonds. The van der Waals surface area contributed by atoms with E-state index in [1.807, 2.05) is 0 Å². The molecule has 2 aromatic rings. The normalized spacial score (nSPS) is 16.8. The van der Waals surface area contributed by atoms with Crippen LogP contribution in [0.25, 0.3) is 0 Å². The number of carbonyl (C=O) groups excluding carboxylic acids is 1. The Hall–Kier alpha value is -3.08. The molecule has 128 valence electrons. The van der Waals surface area contributed by atoms with Gasteiger partial charge in [-0.2, -0.15) is 10.4 Å². The fraction of sp³-hybridized carbons (Fsp3) is 0.294. The van der Waals surface area contributed by atoms with E-state index in [9.17, 15) is 18.8 Å². The second kappa shape index (κ2) is 6.43. The third kappa shape index (κ3) is 3.01. The maximum atomic E-state index is 13.9. The highest BCUT2D eigenvalue weighted by Gasteiger charge is 2.34. The number of nitrogens with one attached hydrogen (secondary N) is 1. The number of hydrogen-bond acceptors (Lipinski definition) is 5. The van der Waals surface area contributed by atoms with Gasteiger partial charge in [0, 0.05) is 13.0 Å². The average Bonchev–Trinajstić information content (AvgIpc) is 2.91. The molecule has 1 N–H and O–H groups in total. The van der Waals surface area contributed by atoms with Gasteiger partial charge in [0.1, 0.15) is 29.0 Å². The van der Waals surface area contributed by atoms with Crippen LogP contribution in [-0.2, 0) is 4.79 Å². The monoisotopic (exact) mass is 343 g/mol. The third-order valence-corrected chi connectivity index (χ3v) is 4.24. The summed E-state index contributed by atoms with van der Waals surface area (Å²) in [5.41, 5.74) is 1.32. The summed E-state index contributed by atoms with van der Waals surface area (Å²) < 4.78 is 27.9. The van der Waals surface area contributed by atoms with Crippen LogP contribution in [0.2, 0.25) is 0 Å². The van der Waals surface area contributed by atoms with Crippen molar-refractivity contribution in [2.24, 2.45) is 0 Å². The van der Waals surface area contributed by atoms with Gasteiger partial charge in [-0.05, 0) is 31.5 Å². The predicted octanol–water partition coefficient (Wildman–Crippen LogP) is 2.46. The van der Waals surface area contributed by atoms with Crippen LogP contribution >= 0.6 is 0 Å². The summed E-state index contributed by atoms with van der Waals surface area (Å²) in [6, 6.07) is 5.09. The van der Waals surface area contributed by atoms with E-state index in [2.05, 4.69) is 21.6 Å². The number of carbonyl (C=O) groups is 1. The van der Waals surface area contributed by atoms with Crippen molar-refractivity contribution in [3.05, 3.63) is 46.7 Å². The topological polar surface area (TPSA) is 81.9 Å². The second-order valence-corrected chi connectivity index (χ2v) is 5.87. The van der Waals surface area contributed by atoms with Gasteiger partial charge in [-0.15, -0.1) is 5.10 Å². The number of halogens is 2.